The molecule has 1 N–H and O–H groups in total. The molecular formula is C15H25N5S. The fourth-order valence-electron chi connectivity index (χ4n) is 2.20. The van der Waals surface area contributed by atoms with Crippen LogP contribution in [-0.2, 0) is 6.54 Å². The Morgan fingerprint density at radius 1 is 1.33 bits per heavy atom. The molecule has 0 amide bonds. The predicted octanol–water partition coefficient (Wildman–Crippen LogP) is 2.93. The summed E-state index contributed by atoms with van der Waals surface area (Å²) in [4.78, 5) is 8.07. The van der Waals surface area contributed by atoms with Gasteiger partial charge in [-0.05, 0) is 33.8 Å². The van der Waals surface area contributed by atoms with Crippen molar-refractivity contribution in [1.29, 1.82) is 0 Å². The van der Waals surface area contributed by atoms with Crippen LogP contribution < -0.4 is 10.2 Å². The van der Waals surface area contributed by atoms with Gasteiger partial charge in [-0.15, -0.1) is 11.3 Å². The third-order valence-electron chi connectivity index (χ3n) is 3.84. The van der Waals surface area contributed by atoms with Crippen LogP contribution in [-0.4, -0.2) is 33.9 Å². The maximum Gasteiger partial charge on any atom is 0.185 e. The summed E-state index contributed by atoms with van der Waals surface area (Å²) in [6.45, 7) is 11.6. The maximum absolute atomic E-state index is 4.52. The minimum atomic E-state index is 0.329. The van der Waals surface area contributed by atoms with Gasteiger partial charge in [0.1, 0.15) is 0 Å². The molecule has 2 aromatic rings. The highest BCUT2D eigenvalue weighted by Crippen LogP contribution is 2.22. The molecule has 0 saturated heterocycles. The van der Waals surface area contributed by atoms with Crippen molar-refractivity contribution >= 4 is 16.5 Å². The minimum absolute atomic E-state index is 0.329. The Kier molecular flexibility index (Phi) is 5.76. The van der Waals surface area contributed by atoms with Crippen LogP contribution in [0.1, 0.15) is 38.6 Å². The lowest BCUT2D eigenvalue weighted by atomic mass is 10.2. The molecule has 2 aromatic heterocycles. The molecule has 0 aliphatic rings. The Morgan fingerprint density at radius 3 is 2.71 bits per heavy atom. The van der Waals surface area contributed by atoms with E-state index in [0.717, 1.165) is 24.8 Å². The smallest absolute Gasteiger partial charge is 0.185 e. The van der Waals surface area contributed by atoms with Gasteiger partial charge in [-0.25, -0.2) is 4.98 Å². The molecule has 0 aromatic carbocycles. The molecule has 0 spiro atoms. The minimum Gasteiger partial charge on any atom is -0.349 e. The first kappa shape index (κ1) is 16.0. The molecule has 0 aliphatic heterocycles. The summed E-state index contributed by atoms with van der Waals surface area (Å²) >= 11 is 1.77. The SMILES string of the molecule is CCN(CC)c1ncc(CN[C@@H](C)[C@@H](C)n2cccn2)s1. The zero-order chi connectivity index (χ0) is 15.2. The normalized spacial score (nSPS) is 14.1. The highest BCUT2D eigenvalue weighted by atomic mass is 32.1. The molecule has 116 valence electrons. The van der Waals surface area contributed by atoms with Gasteiger partial charge in [-0.1, -0.05) is 0 Å². The van der Waals surface area contributed by atoms with E-state index in [1.807, 2.05) is 29.3 Å². The van der Waals surface area contributed by atoms with E-state index in [4.69, 9.17) is 0 Å². The molecule has 0 aliphatic carbocycles. The fraction of sp³-hybridized carbons (Fsp3) is 0.600. The van der Waals surface area contributed by atoms with E-state index in [1.165, 1.54) is 4.88 Å². The summed E-state index contributed by atoms with van der Waals surface area (Å²) in [5, 5.41) is 8.98. The molecule has 0 fully saturated rings. The average molecular weight is 307 g/mol. The summed E-state index contributed by atoms with van der Waals surface area (Å²) in [6, 6.07) is 2.64. The largest absolute Gasteiger partial charge is 0.349 e. The number of anilines is 1. The van der Waals surface area contributed by atoms with E-state index in [9.17, 15) is 0 Å². The van der Waals surface area contributed by atoms with E-state index in [-0.39, 0.29) is 0 Å². The van der Waals surface area contributed by atoms with Gasteiger partial charge >= 0.3 is 0 Å². The molecule has 0 unspecified atom stereocenters. The molecule has 5 nitrogen and oxygen atoms in total. The first-order valence-corrected chi connectivity index (χ1v) is 8.39. The lowest BCUT2D eigenvalue weighted by molar-refractivity contribution is 0.366. The van der Waals surface area contributed by atoms with Crippen molar-refractivity contribution in [2.75, 3.05) is 18.0 Å². The van der Waals surface area contributed by atoms with Gasteiger partial charge in [-0.3, -0.25) is 4.68 Å². The molecule has 0 radical (unpaired) electrons. The standard InChI is InChI=1S/C15H25N5S/c1-5-19(6-2)15-17-11-14(21-15)10-16-12(3)13(4)20-9-7-8-18-20/h7-9,11-13,16H,5-6,10H2,1-4H3/t12-,13+/m0/s1. The molecule has 2 heterocycles. The highest BCUT2D eigenvalue weighted by molar-refractivity contribution is 7.15. The summed E-state index contributed by atoms with van der Waals surface area (Å²) in [7, 11) is 0. The number of aromatic nitrogens is 3. The average Bonchev–Trinajstić information content (AvgIpc) is 3.17. The summed E-state index contributed by atoms with van der Waals surface area (Å²) in [5.74, 6) is 0. The van der Waals surface area contributed by atoms with Crippen LogP contribution in [0, 0.1) is 0 Å². The molecular weight excluding hydrogens is 282 g/mol. The van der Waals surface area contributed by atoms with Crippen molar-refractivity contribution in [2.45, 2.75) is 46.3 Å². The zero-order valence-electron chi connectivity index (χ0n) is 13.3. The van der Waals surface area contributed by atoms with Crippen molar-refractivity contribution in [3.05, 3.63) is 29.5 Å². The maximum atomic E-state index is 4.52. The highest BCUT2D eigenvalue weighted by Gasteiger charge is 2.14. The Hall–Kier alpha value is -1.40. The second-order valence-electron chi connectivity index (χ2n) is 5.18. The summed E-state index contributed by atoms with van der Waals surface area (Å²) in [5.41, 5.74) is 0. The van der Waals surface area contributed by atoms with E-state index in [0.29, 0.717) is 12.1 Å². The van der Waals surface area contributed by atoms with E-state index < -0.39 is 0 Å². The number of nitrogens with zero attached hydrogens (tertiary/aromatic N) is 4. The van der Waals surface area contributed by atoms with Crippen molar-refractivity contribution in [3.63, 3.8) is 0 Å². The van der Waals surface area contributed by atoms with Gasteiger partial charge in [0.2, 0.25) is 0 Å². The molecule has 21 heavy (non-hydrogen) atoms. The monoisotopic (exact) mass is 307 g/mol. The number of thiazole rings is 1. The zero-order valence-corrected chi connectivity index (χ0v) is 14.1. The third kappa shape index (κ3) is 4.04. The summed E-state index contributed by atoms with van der Waals surface area (Å²) < 4.78 is 1.99. The van der Waals surface area contributed by atoms with Gasteiger partial charge in [0.25, 0.3) is 0 Å². The van der Waals surface area contributed by atoms with Crippen molar-refractivity contribution in [2.24, 2.45) is 0 Å². The Labute approximate surface area is 131 Å². The van der Waals surface area contributed by atoms with Crippen LogP contribution in [0.4, 0.5) is 5.13 Å². The third-order valence-corrected chi connectivity index (χ3v) is 4.90. The molecule has 2 atom stereocenters. The predicted molar refractivity (Wildman–Crippen MR) is 88.9 cm³/mol. The van der Waals surface area contributed by atoms with Gasteiger partial charge in [0, 0.05) is 49.1 Å². The van der Waals surface area contributed by atoms with Crippen molar-refractivity contribution < 1.29 is 0 Å². The van der Waals surface area contributed by atoms with Crippen LogP contribution in [0.2, 0.25) is 0 Å². The topological polar surface area (TPSA) is 46.0 Å². The van der Waals surface area contributed by atoms with E-state index in [1.54, 1.807) is 11.3 Å². The second-order valence-corrected chi connectivity index (χ2v) is 6.27. The Morgan fingerprint density at radius 2 is 2.10 bits per heavy atom. The number of nitrogens with one attached hydrogen (secondary N) is 1. The number of rotatable bonds is 8. The van der Waals surface area contributed by atoms with Crippen LogP contribution in [0.5, 0.6) is 0 Å². The van der Waals surface area contributed by atoms with Crippen LogP contribution in [0.25, 0.3) is 0 Å². The molecule has 2 rings (SSSR count). The first-order chi connectivity index (χ1) is 10.2. The lowest BCUT2D eigenvalue weighted by Gasteiger charge is -2.21. The quantitative estimate of drug-likeness (QED) is 0.814. The van der Waals surface area contributed by atoms with E-state index in [2.05, 4.69) is 48.0 Å². The lowest BCUT2D eigenvalue weighted by Crippen LogP contribution is -2.33. The van der Waals surface area contributed by atoms with Gasteiger partial charge < -0.3 is 10.2 Å². The first-order valence-electron chi connectivity index (χ1n) is 7.57. The summed E-state index contributed by atoms with van der Waals surface area (Å²) in [6.07, 6.45) is 5.81. The van der Waals surface area contributed by atoms with Crippen molar-refractivity contribution in [3.8, 4) is 0 Å². The fourth-order valence-corrected chi connectivity index (χ4v) is 3.19. The van der Waals surface area contributed by atoms with Crippen molar-refractivity contribution in [1.82, 2.24) is 20.1 Å². The van der Waals surface area contributed by atoms with Gasteiger partial charge in [-0.2, -0.15) is 5.10 Å². The van der Waals surface area contributed by atoms with Gasteiger partial charge in [0.15, 0.2) is 5.13 Å². The van der Waals surface area contributed by atoms with Gasteiger partial charge in [0.05, 0.1) is 6.04 Å². The number of hydrogen-bond acceptors (Lipinski definition) is 5. The van der Waals surface area contributed by atoms with E-state index >= 15 is 0 Å². The van der Waals surface area contributed by atoms with Crippen LogP contribution >= 0.6 is 11.3 Å². The molecule has 0 saturated carbocycles. The molecule has 0 bridgehead atoms. The van der Waals surface area contributed by atoms with Crippen LogP contribution in [0.3, 0.4) is 0 Å². The number of hydrogen-bond donors (Lipinski definition) is 1. The second kappa shape index (κ2) is 7.56. The molecule has 6 heteroatoms. The Balaban J connectivity index is 1.88. The van der Waals surface area contributed by atoms with Crippen LogP contribution in [0.15, 0.2) is 24.7 Å². The Bertz CT molecular complexity index is 518.